The number of hydrogen-bond donors (Lipinski definition) is 1. The first-order valence-corrected chi connectivity index (χ1v) is 10.5. The number of carbonyl (C=O) groups excluding carboxylic acids is 2. The Hall–Kier alpha value is -2.99. The van der Waals surface area contributed by atoms with E-state index in [2.05, 4.69) is 42.3 Å². The van der Waals surface area contributed by atoms with E-state index >= 15 is 0 Å². The Labute approximate surface area is 174 Å². The van der Waals surface area contributed by atoms with Crippen LogP contribution in [0.2, 0.25) is 0 Å². The molecule has 1 aliphatic heterocycles. The van der Waals surface area contributed by atoms with Crippen molar-refractivity contribution in [1.82, 2.24) is 9.88 Å². The quantitative estimate of drug-likeness (QED) is 0.684. The molecule has 0 bridgehead atoms. The fourth-order valence-electron chi connectivity index (χ4n) is 3.58. The Morgan fingerprint density at radius 1 is 1.21 bits per heavy atom. The molecule has 2 aromatic carbocycles. The number of aromatic nitrogens is 1. The molecule has 5 nitrogen and oxygen atoms in total. The van der Waals surface area contributed by atoms with Crippen molar-refractivity contribution in [2.24, 2.45) is 5.92 Å². The highest BCUT2D eigenvalue weighted by Crippen LogP contribution is 2.29. The Morgan fingerprint density at radius 2 is 2.00 bits per heavy atom. The number of carbonyl (C=O) groups is 2. The van der Waals surface area contributed by atoms with E-state index < -0.39 is 0 Å². The molecule has 29 heavy (non-hydrogen) atoms. The fraction of sp³-hybridized carbons (Fsp3) is 0.261. The highest BCUT2D eigenvalue weighted by atomic mass is 32.1. The van der Waals surface area contributed by atoms with Crippen molar-refractivity contribution in [2.45, 2.75) is 26.8 Å². The minimum Gasteiger partial charge on any atom is -0.338 e. The highest BCUT2D eigenvalue weighted by molar-refractivity contribution is 7.14. The monoisotopic (exact) mass is 405 g/mol. The van der Waals surface area contributed by atoms with Crippen LogP contribution in [0.25, 0.3) is 11.3 Å². The lowest BCUT2D eigenvalue weighted by Crippen LogP contribution is -2.28. The second kappa shape index (κ2) is 8.17. The summed E-state index contributed by atoms with van der Waals surface area (Å²) in [4.78, 5) is 31.4. The van der Waals surface area contributed by atoms with Crippen LogP contribution in [-0.2, 0) is 16.1 Å². The standard InChI is InChI=1S/C23H23N3O2S/c1-15-8-9-16(2)19(10-15)20-14-29-23(24-20)25-22(28)18-11-21(27)26(13-18)12-17-6-4-3-5-7-17/h3-10,14,18H,11-13H2,1-2H3,(H,24,25,28)/t18-/m0/s1. The minimum absolute atomic E-state index is 0.0178. The number of anilines is 1. The largest absolute Gasteiger partial charge is 0.338 e. The molecule has 2 heterocycles. The molecule has 0 saturated carbocycles. The summed E-state index contributed by atoms with van der Waals surface area (Å²) in [6, 6.07) is 16.1. The number of thiazole rings is 1. The number of rotatable bonds is 5. The van der Waals surface area contributed by atoms with Crippen molar-refractivity contribution in [2.75, 3.05) is 11.9 Å². The third kappa shape index (κ3) is 4.38. The zero-order chi connectivity index (χ0) is 20.4. The van der Waals surface area contributed by atoms with E-state index in [4.69, 9.17) is 0 Å². The molecule has 1 saturated heterocycles. The molecule has 1 N–H and O–H groups in total. The van der Waals surface area contributed by atoms with Gasteiger partial charge >= 0.3 is 0 Å². The average molecular weight is 406 g/mol. The molecule has 2 amide bonds. The van der Waals surface area contributed by atoms with Gasteiger partial charge in [0.25, 0.3) is 0 Å². The molecule has 0 radical (unpaired) electrons. The van der Waals surface area contributed by atoms with Crippen LogP contribution in [0.15, 0.2) is 53.9 Å². The number of aryl methyl sites for hydroxylation is 2. The Balaban J connectivity index is 1.40. The lowest BCUT2D eigenvalue weighted by atomic mass is 10.0. The minimum atomic E-state index is -0.348. The Kier molecular flexibility index (Phi) is 5.45. The molecular weight excluding hydrogens is 382 g/mol. The van der Waals surface area contributed by atoms with E-state index in [1.807, 2.05) is 35.7 Å². The van der Waals surface area contributed by atoms with Crippen LogP contribution >= 0.6 is 11.3 Å². The van der Waals surface area contributed by atoms with Gasteiger partial charge in [-0.1, -0.05) is 48.0 Å². The molecule has 148 valence electrons. The van der Waals surface area contributed by atoms with E-state index in [1.54, 1.807) is 4.90 Å². The zero-order valence-electron chi connectivity index (χ0n) is 16.5. The van der Waals surface area contributed by atoms with Gasteiger partial charge in [-0.25, -0.2) is 4.98 Å². The molecular formula is C23H23N3O2S. The van der Waals surface area contributed by atoms with Gasteiger partial charge < -0.3 is 10.2 Å². The van der Waals surface area contributed by atoms with Crippen LogP contribution in [0, 0.1) is 19.8 Å². The molecule has 3 aromatic rings. The smallest absolute Gasteiger partial charge is 0.231 e. The summed E-state index contributed by atoms with van der Waals surface area (Å²) in [5.41, 5.74) is 5.33. The van der Waals surface area contributed by atoms with Gasteiger partial charge in [-0.05, 0) is 31.0 Å². The van der Waals surface area contributed by atoms with E-state index in [9.17, 15) is 9.59 Å². The summed E-state index contributed by atoms with van der Waals surface area (Å²) in [6.45, 7) is 5.08. The molecule has 1 fully saturated rings. The van der Waals surface area contributed by atoms with E-state index in [0.717, 1.165) is 22.4 Å². The van der Waals surface area contributed by atoms with E-state index in [-0.39, 0.29) is 24.2 Å². The first-order valence-electron chi connectivity index (χ1n) is 9.65. The van der Waals surface area contributed by atoms with Crippen molar-refractivity contribution in [3.05, 3.63) is 70.6 Å². The third-order valence-corrected chi connectivity index (χ3v) is 5.96. The molecule has 0 aliphatic carbocycles. The molecule has 1 atom stereocenters. The predicted octanol–water partition coefficient (Wildman–Crippen LogP) is 4.41. The first kappa shape index (κ1) is 19.3. The van der Waals surface area contributed by atoms with E-state index in [1.165, 1.54) is 16.9 Å². The van der Waals surface area contributed by atoms with Crippen LogP contribution in [0.5, 0.6) is 0 Å². The van der Waals surface area contributed by atoms with Crippen LogP contribution in [0.4, 0.5) is 5.13 Å². The van der Waals surface area contributed by atoms with Gasteiger partial charge in [0.05, 0.1) is 11.6 Å². The van der Waals surface area contributed by atoms with Crippen molar-refractivity contribution < 1.29 is 9.59 Å². The van der Waals surface area contributed by atoms with Gasteiger partial charge in [0.15, 0.2) is 5.13 Å². The van der Waals surface area contributed by atoms with Gasteiger partial charge in [0.1, 0.15) is 0 Å². The molecule has 1 aliphatic rings. The summed E-state index contributed by atoms with van der Waals surface area (Å²) in [5.74, 6) is -0.473. The van der Waals surface area contributed by atoms with Crippen LogP contribution in [-0.4, -0.2) is 28.2 Å². The molecule has 6 heteroatoms. The van der Waals surface area contributed by atoms with Crippen LogP contribution in [0.3, 0.4) is 0 Å². The van der Waals surface area contributed by atoms with Gasteiger partial charge in [-0.15, -0.1) is 11.3 Å². The maximum atomic E-state index is 12.7. The lowest BCUT2D eigenvalue weighted by Gasteiger charge is -2.16. The SMILES string of the molecule is Cc1ccc(C)c(-c2csc(NC(=O)[C@H]3CC(=O)N(Cc4ccccc4)C3)n2)c1. The fourth-order valence-corrected chi connectivity index (χ4v) is 4.29. The summed E-state index contributed by atoms with van der Waals surface area (Å²) < 4.78 is 0. The van der Waals surface area contributed by atoms with Gasteiger partial charge in [-0.2, -0.15) is 0 Å². The number of likely N-dealkylation sites (tertiary alicyclic amines) is 1. The second-order valence-corrected chi connectivity index (χ2v) is 8.36. The van der Waals surface area contributed by atoms with Crippen LogP contribution < -0.4 is 5.32 Å². The molecule has 0 unspecified atom stereocenters. The number of nitrogens with zero attached hydrogens (tertiary/aromatic N) is 2. The Morgan fingerprint density at radius 3 is 2.79 bits per heavy atom. The normalized spacial score (nSPS) is 16.3. The highest BCUT2D eigenvalue weighted by Gasteiger charge is 2.34. The van der Waals surface area contributed by atoms with Crippen molar-refractivity contribution in [3.8, 4) is 11.3 Å². The zero-order valence-corrected chi connectivity index (χ0v) is 17.3. The van der Waals surface area contributed by atoms with Crippen LogP contribution in [0.1, 0.15) is 23.1 Å². The number of amides is 2. The summed E-state index contributed by atoms with van der Waals surface area (Å²) in [6.07, 6.45) is 0.244. The van der Waals surface area contributed by atoms with E-state index in [0.29, 0.717) is 18.2 Å². The number of hydrogen-bond acceptors (Lipinski definition) is 4. The topological polar surface area (TPSA) is 62.3 Å². The Bertz CT molecular complexity index is 1050. The predicted molar refractivity (Wildman–Crippen MR) is 116 cm³/mol. The molecule has 4 rings (SSSR count). The molecule has 1 aromatic heterocycles. The lowest BCUT2D eigenvalue weighted by molar-refractivity contribution is -0.128. The third-order valence-electron chi connectivity index (χ3n) is 5.20. The average Bonchev–Trinajstić information content (AvgIpc) is 3.31. The van der Waals surface area contributed by atoms with Gasteiger partial charge in [0.2, 0.25) is 11.8 Å². The number of benzene rings is 2. The maximum absolute atomic E-state index is 12.7. The van der Waals surface area contributed by atoms with Gasteiger partial charge in [0, 0.05) is 30.5 Å². The maximum Gasteiger partial charge on any atom is 0.231 e. The van der Waals surface area contributed by atoms with Crippen molar-refractivity contribution in [3.63, 3.8) is 0 Å². The van der Waals surface area contributed by atoms with Crippen molar-refractivity contribution >= 4 is 28.3 Å². The summed E-state index contributed by atoms with van der Waals surface area (Å²) >= 11 is 1.41. The number of nitrogens with one attached hydrogen (secondary N) is 1. The first-order chi connectivity index (χ1) is 14.0. The summed E-state index contributed by atoms with van der Waals surface area (Å²) in [5, 5.41) is 5.43. The molecule has 0 spiro atoms. The van der Waals surface area contributed by atoms with Crippen molar-refractivity contribution in [1.29, 1.82) is 0 Å². The van der Waals surface area contributed by atoms with Gasteiger partial charge in [-0.3, -0.25) is 9.59 Å². The second-order valence-electron chi connectivity index (χ2n) is 7.51. The summed E-state index contributed by atoms with van der Waals surface area (Å²) in [7, 11) is 0.